The lowest BCUT2D eigenvalue weighted by Gasteiger charge is -2.23. The number of amides is 1. The molecular weight excluding hydrogens is 428 g/mol. The lowest BCUT2D eigenvalue weighted by atomic mass is 9.85. The van der Waals surface area contributed by atoms with Crippen LogP contribution in [0.2, 0.25) is 0 Å². The number of aromatic carboxylic acids is 1. The number of carboxylic acids is 1. The highest BCUT2D eigenvalue weighted by Gasteiger charge is 2.18. The summed E-state index contributed by atoms with van der Waals surface area (Å²) in [5, 5.41) is 14.5. The summed E-state index contributed by atoms with van der Waals surface area (Å²) < 4.78 is 10.4. The number of anilines is 1. The van der Waals surface area contributed by atoms with Crippen LogP contribution in [0.5, 0.6) is 11.5 Å². The summed E-state index contributed by atoms with van der Waals surface area (Å²) in [4.78, 5) is 22.5. The third-order valence-electron chi connectivity index (χ3n) is 4.85. The number of ether oxygens (including phenoxy) is 2. The number of carbonyl (C=O) groups excluding carboxylic acids is 1. The molecule has 1 amide bonds. The van der Waals surface area contributed by atoms with Crippen LogP contribution in [0, 0.1) is 0 Å². The van der Waals surface area contributed by atoms with E-state index in [-0.39, 0.29) is 11.3 Å². The van der Waals surface area contributed by atoms with Crippen molar-refractivity contribution in [1.82, 2.24) is 0 Å². The van der Waals surface area contributed by atoms with Gasteiger partial charge >= 0.3 is 5.97 Å². The van der Waals surface area contributed by atoms with Crippen LogP contribution in [0.15, 0.2) is 59.3 Å². The summed E-state index contributed by atoms with van der Waals surface area (Å²) >= 11 is 1.39. The van der Waals surface area contributed by atoms with Gasteiger partial charge in [-0.15, -0.1) is 0 Å². The highest BCUT2D eigenvalue weighted by molar-refractivity contribution is 7.08. The van der Waals surface area contributed by atoms with Gasteiger partial charge in [0.25, 0.3) is 5.91 Å². The first-order valence-corrected chi connectivity index (χ1v) is 10.8. The Morgan fingerprint density at radius 2 is 1.66 bits per heavy atom. The van der Waals surface area contributed by atoms with Crippen molar-refractivity contribution in [2.75, 3.05) is 26.1 Å². The van der Waals surface area contributed by atoms with Crippen molar-refractivity contribution in [1.29, 1.82) is 0 Å². The van der Waals surface area contributed by atoms with E-state index in [2.05, 4.69) is 19.2 Å². The Balaban J connectivity index is 0.000000380. The van der Waals surface area contributed by atoms with E-state index in [1.165, 1.54) is 18.4 Å². The van der Waals surface area contributed by atoms with Crippen molar-refractivity contribution in [3.05, 3.63) is 76.0 Å². The van der Waals surface area contributed by atoms with E-state index in [1.807, 2.05) is 24.3 Å². The Labute approximate surface area is 191 Å². The number of nitrogens with one attached hydrogen (secondary N) is 1. The van der Waals surface area contributed by atoms with Crippen LogP contribution in [0.3, 0.4) is 0 Å². The highest BCUT2D eigenvalue weighted by Crippen LogP contribution is 2.28. The van der Waals surface area contributed by atoms with Gasteiger partial charge in [0.1, 0.15) is 0 Å². The second kappa shape index (κ2) is 11.3. The fourth-order valence-corrected chi connectivity index (χ4v) is 3.32. The molecule has 0 bridgehead atoms. The number of hydrogen-bond donors (Lipinski definition) is 3. The van der Waals surface area contributed by atoms with Crippen molar-refractivity contribution < 1.29 is 24.2 Å². The Morgan fingerprint density at radius 3 is 2.12 bits per heavy atom. The summed E-state index contributed by atoms with van der Waals surface area (Å²) in [6, 6.07) is 14.4. The smallest absolute Gasteiger partial charge is 0.336 e. The van der Waals surface area contributed by atoms with E-state index in [1.54, 1.807) is 42.1 Å². The molecule has 0 aliphatic carbocycles. The molecule has 0 saturated heterocycles. The van der Waals surface area contributed by atoms with Gasteiger partial charge in [-0.25, -0.2) is 4.79 Å². The molecule has 0 aliphatic rings. The lowest BCUT2D eigenvalue weighted by Crippen LogP contribution is -2.27. The number of thiophene rings is 1. The SMILES string of the molecule is COc1ccc(C(=O)Nc2ccc(C(C)(C)CN)cc2)cc1OC.O=C(O)c1ccsc1. The average Bonchev–Trinajstić information content (AvgIpc) is 3.35. The summed E-state index contributed by atoms with van der Waals surface area (Å²) in [6.07, 6.45) is 0. The zero-order valence-corrected chi connectivity index (χ0v) is 19.4. The minimum absolute atomic E-state index is 0.0914. The minimum Gasteiger partial charge on any atom is -0.493 e. The van der Waals surface area contributed by atoms with Crippen molar-refractivity contribution >= 4 is 28.9 Å². The predicted molar refractivity (Wildman–Crippen MR) is 127 cm³/mol. The Hall–Kier alpha value is -3.36. The first kappa shape index (κ1) is 24.9. The maximum atomic E-state index is 12.4. The molecule has 32 heavy (non-hydrogen) atoms. The predicted octanol–water partition coefficient (Wildman–Crippen LogP) is 4.64. The number of methoxy groups -OCH3 is 2. The number of nitrogens with two attached hydrogens (primary N) is 1. The van der Waals surface area contributed by atoms with E-state index in [0.29, 0.717) is 29.2 Å². The molecule has 2 aromatic carbocycles. The molecule has 7 nitrogen and oxygen atoms in total. The zero-order chi connectivity index (χ0) is 23.7. The van der Waals surface area contributed by atoms with Crippen LogP contribution < -0.4 is 20.5 Å². The molecule has 0 unspecified atom stereocenters. The standard InChI is InChI=1S/C19H24N2O3.C5H4O2S/c1-19(2,12-20)14-6-8-15(9-7-14)21-18(22)13-5-10-16(23-3)17(11-13)24-4;6-5(7)4-1-2-8-3-4/h5-11H,12,20H2,1-4H3,(H,21,22);1-3H,(H,6,7). The number of rotatable bonds is 7. The van der Waals surface area contributed by atoms with E-state index in [0.717, 1.165) is 11.3 Å². The number of carboxylic acid groups (broad SMARTS) is 1. The molecule has 3 rings (SSSR count). The Bertz CT molecular complexity index is 1030. The van der Waals surface area contributed by atoms with Gasteiger partial charge in [0.15, 0.2) is 11.5 Å². The number of hydrogen-bond acceptors (Lipinski definition) is 6. The fraction of sp³-hybridized carbons (Fsp3) is 0.250. The van der Waals surface area contributed by atoms with Crippen LogP contribution in [-0.2, 0) is 5.41 Å². The van der Waals surface area contributed by atoms with Crippen LogP contribution in [0.1, 0.15) is 40.1 Å². The van der Waals surface area contributed by atoms with Gasteiger partial charge in [0.2, 0.25) is 0 Å². The first-order valence-electron chi connectivity index (χ1n) is 9.81. The largest absolute Gasteiger partial charge is 0.493 e. The van der Waals surface area contributed by atoms with Gasteiger partial charge in [0, 0.05) is 28.6 Å². The van der Waals surface area contributed by atoms with Crippen LogP contribution in [-0.4, -0.2) is 37.7 Å². The second-order valence-electron chi connectivity index (χ2n) is 7.51. The highest BCUT2D eigenvalue weighted by atomic mass is 32.1. The van der Waals surface area contributed by atoms with Gasteiger partial charge in [-0.2, -0.15) is 11.3 Å². The molecule has 4 N–H and O–H groups in total. The topological polar surface area (TPSA) is 111 Å². The van der Waals surface area contributed by atoms with Gasteiger partial charge in [-0.1, -0.05) is 26.0 Å². The molecule has 0 radical (unpaired) electrons. The lowest BCUT2D eigenvalue weighted by molar-refractivity contribution is 0.0697. The summed E-state index contributed by atoms with van der Waals surface area (Å²) in [6.45, 7) is 4.73. The van der Waals surface area contributed by atoms with Gasteiger partial charge in [-0.3, -0.25) is 4.79 Å². The van der Waals surface area contributed by atoms with Crippen molar-refractivity contribution in [3.63, 3.8) is 0 Å². The third kappa shape index (κ3) is 6.57. The molecule has 8 heteroatoms. The number of carbonyl (C=O) groups is 2. The first-order chi connectivity index (χ1) is 15.2. The van der Waals surface area contributed by atoms with Crippen LogP contribution in [0.25, 0.3) is 0 Å². The summed E-state index contributed by atoms with van der Waals surface area (Å²) in [5.74, 6) is 0.0423. The van der Waals surface area contributed by atoms with Crippen LogP contribution >= 0.6 is 11.3 Å². The number of benzene rings is 2. The Kier molecular flexibility index (Phi) is 8.80. The molecule has 3 aromatic rings. The maximum Gasteiger partial charge on any atom is 0.336 e. The molecule has 1 aromatic heterocycles. The summed E-state index contributed by atoms with van der Waals surface area (Å²) in [5.41, 5.74) is 8.43. The molecular formula is C24H28N2O5S. The van der Waals surface area contributed by atoms with E-state index >= 15 is 0 Å². The van der Waals surface area contributed by atoms with Gasteiger partial charge in [0.05, 0.1) is 19.8 Å². The molecule has 1 heterocycles. The van der Waals surface area contributed by atoms with E-state index < -0.39 is 5.97 Å². The maximum absolute atomic E-state index is 12.4. The fourth-order valence-electron chi connectivity index (χ4n) is 2.69. The average molecular weight is 457 g/mol. The second-order valence-corrected chi connectivity index (χ2v) is 8.29. The minimum atomic E-state index is -0.855. The van der Waals surface area contributed by atoms with Crippen molar-refractivity contribution in [2.24, 2.45) is 5.73 Å². The molecule has 0 spiro atoms. The van der Waals surface area contributed by atoms with E-state index in [9.17, 15) is 9.59 Å². The van der Waals surface area contributed by atoms with E-state index in [4.69, 9.17) is 20.3 Å². The molecule has 0 fully saturated rings. The zero-order valence-electron chi connectivity index (χ0n) is 18.5. The van der Waals surface area contributed by atoms with Crippen molar-refractivity contribution in [3.8, 4) is 11.5 Å². The molecule has 170 valence electrons. The quantitative estimate of drug-likeness (QED) is 0.478. The molecule has 0 saturated carbocycles. The van der Waals surface area contributed by atoms with Crippen LogP contribution in [0.4, 0.5) is 5.69 Å². The monoisotopic (exact) mass is 456 g/mol. The summed E-state index contributed by atoms with van der Waals surface area (Å²) in [7, 11) is 3.10. The van der Waals surface area contributed by atoms with Gasteiger partial charge < -0.3 is 25.6 Å². The third-order valence-corrected chi connectivity index (χ3v) is 5.53. The molecule has 0 atom stereocenters. The van der Waals surface area contributed by atoms with Crippen molar-refractivity contribution in [2.45, 2.75) is 19.3 Å². The molecule has 0 aliphatic heterocycles. The van der Waals surface area contributed by atoms with Gasteiger partial charge in [-0.05, 0) is 47.3 Å². The normalized spacial score (nSPS) is 10.5. The Morgan fingerprint density at radius 1 is 1.00 bits per heavy atom.